The average Bonchev–Trinajstić information content (AvgIpc) is 2.36. The van der Waals surface area contributed by atoms with Crippen LogP contribution in [0.4, 0.5) is 0 Å². The number of ether oxygens (including phenoxy) is 1. The van der Waals surface area contributed by atoms with Crippen LogP contribution in [0.1, 0.15) is 33.3 Å². The highest BCUT2D eigenvalue weighted by Gasteiger charge is 2.25. The van der Waals surface area contributed by atoms with E-state index < -0.39 is 5.41 Å². The first-order valence-electron chi connectivity index (χ1n) is 6.45. The second-order valence-electron chi connectivity index (χ2n) is 5.40. The van der Waals surface area contributed by atoms with Gasteiger partial charge in [0, 0.05) is 24.8 Å². The van der Waals surface area contributed by atoms with Crippen molar-refractivity contribution in [3.8, 4) is 5.88 Å². The zero-order valence-electron chi connectivity index (χ0n) is 12.1. The molecule has 0 aliphatic rings. The number of pyridine rings is 1. The fraction of sp³-hybridized carbons (Fsp3) is 0.571. The van der Waals surface area contributed by atoms with E-state index in [2.05, 4.69) is 10.3 Å². The van der Waals surface area contributed by atoms with Gasteiger partial charge in [-0.3, -0.25) is 4.79 Å². The number of rotatable bonds is 6. The highest BCUT2D eigenvalue weighted by Crippen LogP contribution is 2.17. The van der Waals surface area contributed by atoms with Crippen molar-refractivity contribution in [2.45, 2.75) is 40.3 Å². The first-order valence-corrected chi connectivity index (χ1v) is 6.45. The number of amides is 1. The SMILES string of the molecule is CC(C)Oc1ncccc1CNC(=O)C(C)(C)CN. The third kappa shape index (κ3) is 4.52. The fourth-order valence-corrected chi connectivity index (χ4v) is 1.40. The molecule has 0 unspecified atom stereocenters. The van der Waals surface area contributed by atoms with Gasteiger partial charge in [0.15, 0.2) is 0 Å². The molecular weight excluding hydrogens is 242 g/mol. The lowest BCUT2D eigenvalue weighted by molar-refractivity contribution is -0.129. The molecule has 0 aliphatic heterocycles. The number of carbonyl (C=O) groups is 1. The number of carbonyl (C=O) groups excluding carboxylic acids is 1. The van der Waals surface area contributed by atoms with Crippen molar-refractivity contribution < 1.29 is 9.53 Å². The van der Waals surface area contributed by atoms with Crippen LogP contribution in [-0.4, -0.2) is 23.5 Å². The van der Waals surface area contributed by atoms with Gasteiger partial charge in [0.1, 0.15) is 0 Å². The molecule has 0 fully saturated rings. The molecule has 19 heavy (non-hydrogen) atoms. The summed E-state index contributed by atoms with van der Waals surface area (Å²) in [5, 5.41) is 2.86. The van der Waals surface area contributed by atoms with Crippen molar-refractivity contribution in [3.63, 3.8) is 0 Å². The molecule has 1 heterocycles. The second-order valence-corrected chi connectivity index (χ2v) is 5.40. The van der Waals surface area contributed by atoms with Gasteiger partial charge in [-0.25, -0.2) is 4.98 Å². The Hall–Kier alpha value is -1.62. The van der Waals surface area contributed by atoms with Gasteiger partial charge in [-0.05, 0) is 33.8 Å². The first-order chi connectivity index (χ1) is 8.86. The molecule has 5 heteroatoms. The highest BCUT2D eigenvalue weighted by molar-refractivity contribution is 5.82. The van der Waals surface area contributed by atoms with E-state index in [-0.39, 0.29) is 12.0 Å². The summed E-state index contributed by atoms with van der Waals surface area (Å²) in [7, 11) is 0. The molecular formula is C14H23N3O2. The Morgan fingerprint density at radius 2 is 2.21 bits per heavy atom. The Kier molecular flexibility index (Phi) is 5.30. The lowest BCUT2D eigenvalue weighted by Gasteiger charge is -2.21. The minimum Gasteiger partial charge on any atom is -0.475 e. The van der Waals surface area contributed by atoms with Crippen LogP contribution < -0.4 is 15.8 Å². The zero-order chi connectivity index (χ0) is 14.5. The van der Waals surface area contributed by atoms with Crippen LogP contribution in [0.3, 0.4) is 0 Å². The predicted molar refractivity (Wildman–Crippen MR) is 74.7 cm³/mol. The van der Waals surface area contributed by atoms with Crippen molar-refractivity contribution in [2.24, 2.45) is 11.1 Å². The molecule has 0 spiro atoms. The smallest absolute Gasteiger partial charge is 0.227 e. The van der Waals surface area contributed by atoms with Crippen molar-refractivity contribution in [2.75, 3.05) is 6.54 Å². The Morgan fingerprint density at radius 1 is 1.53 bits per heavy atom. The van der Waals surface area contributed by atoms with E-state index in [1.54, 1.807) is 6.20 Å². The van der Waals surface area contributed by atoms with Crippen molar-refractivity contribution in [3.05, 3.63) is 23.9 Å². The largest absolute Gasteiger partial charge is 0.475 e. The number of aromatic nitrogens is 1. The topological polar surface area (TPSA) is 77.2 Å². The van der Waals surface area contributed by atoms with Crippen LogP contribution in [0.15, 0.2) is 18.3 Å². The van der Waals surface area contributed by atoms with Crippen LogP contribution in [0.2, 0.25) is 0 Å². The number of nitrogens with one attached hydrogen (secondary N) is 1. The lowest BCUT2D eigenvalue weighted by Crippen LogP contribution is -2.41. The molecule has 5 nitrogen and oxygen atoms in total. The van der Waals surface area contributed by atoms with Crippen LogP contribution in [0, 0.1) is 5.41 Å². The molecule has 1 aromatic heterocycles. The third-order valence-corrected chi connectivity index (χ3v) is 2.76. The van der Waals surface area contributed by atoms with Crippen LogP contribution >= 0.6 is 0 Å². The summed E-state index contributed by atoms with van der Waals surface area (Å²) < 4.78 is 5.60. The summed E-state index contributed by atoms with van der Waals surface area (Å²) in [6, 6.07) is 3.71. The molecule has 3 N–H and O–H groups in total. The maximum absolute atomic E-state index is 12.0. The second kappa shape index (κ2) is 6.52. The predicted octanol–water partition coefficient (Wildman–Crippen LogP) is 1.47. The maximum atomic E-state index is 12.0. The van der Waals surface area contributed by atoms with E-state index in [0.29, 0.717) is 19.0 Å². The number of nitrogens with two attached hydrogens (primary N) is 1. The van der Waals surface area contributed by atoms with Gasteiger partial charge in [-0.15, -0.1) is 0 Å². The Bertz CT molecular complexity index is 430. The van der Waals surface area contributed by atoms with Crippen molar-refractivity contribution in [1.29, 1.82) is 0 Å². The zero-order valence-corrected chi connectivity index (χ0v) is 12.1. The first kappa shape index (κ1) is 15.4. The van der Waals surface area contributed by atoms with Gasteiger partial charge >= 0.3 is 0 Å². The molecule has 1 amide bonds. The number of hydrogen-bond acceptors (Lipinski definition) is 4. The molecule has 0 aliphatic carbocycles. The van der Waals surface area contributed by atoms with Gasteiger partial charge in [0.2, 0.25) is 11.8 Å². The molecule has 0 radical (unpaired) electrons. The van der Waals surface area contributed by atoms with Gasteiger partial charge in [-0.2, -0.15) is 0 Å². The summed E-state index contributed by atoms with van der Waals surface area (Å²) in [6.07, 6.45) is 1.72. The van der Waals surface area contributed by atoms with Crippen LogP contribution in [0.25, 0.3) is 0 Å². The van der Waals surface area contributed by atoms with E-state index in [4.69, 9.17) is 10.5 Å². The summed E-state index contributed by atoms with van der Waals surface area (Å²) in [5.74, 6) is 0.484. The van der Waals surface area contributed by atoms with Gasteiger partial charge < -0.3 is 15.8 Å². The number of nitrogens with zero attached hydrogens (tertiary/aromatic N) is 1. The van der Waals surface area contributed by atoms with E-state index in [1.165, 1.54) is 0 Å². The Balaban J connectivity index is 2.70. The molecule has 0 atom stereocenters. The van der Waals surface area contributed by atoms with E-state index in [1.807, 2.05) is 39.8 Å². The average molecular weight is 265 g/mol. The quantitative estimate of drug-likeness (QED) is 0.816. The molecule has 106 valence electrons. The molecule has 1 aromatic rings. The van der Waals surface area contributed by atoms with Crippen molar-refractivity contribution >= 4 is 5.91 Å². The van der Waals surface area contributed by atoms with Crippen LogP contribution in [0.5, 0.6) is 5.88 Å². The Labute approximate surface area is 114 Å². The van der Waals surface area contributed by atoms with Gasteiger partial charge in [0.25, 0.3) is 0 Å². The normalized spacial score (nSPS) is 11.5. The summed E-state index contributed by atoms with van der Waals surface area (Å²) in [5.41, 5.74) is 5.86. The minimum atomic E-state index is -0.568. The fourth-order valence-electron chi connectivity index (χ4n) is 1.40. The lowest BCUT2D eigenvalue weighted by atomic mass is 9.92. The summed E-state index contributed by atoms with van der Waals surface area (Å²) in [6.45, 7) is 8.21. The third-order valence-electron chi connectivity index (χ3n) is 2.76. The van der Waals surface area contributed by atoms with Gasteiger partial charge in [0.05, 0.1) is 11.5 Å². The van der Waals surface area contributed by atoms with E-state index >= 15 is 0 Å². The highest BCUT2D eigenvalue weighted by atomic mass is 16.5. The maximum Gasteiger partial charge on any atom is 0.227 e. The molecule has 0 bridgehead atoms. The van der Waals surface area contributed by atoms with E-state index in [0.717, 1.165) is 5.56 Å². The number of hydrogen-bond donors (Lipinski definition) is 2. The Morgan fingerprint density at radius 3 is 2.79 bits per heavy atom. The standard InChI is InChI=1S/C14H23N3O2/c1-10(2)19-12-11(6-5-7-16-12)8-17-13(18)14(3,4)9-15/h5-7,10H,8-9,15H2,1-4H3,(H,17,18). The molecule has 1 rings (SSSR count). The molecule has 0 saturated heterocycles. The van der Waals surface area contributed by atoms with E-state index in [9.17, 15) is 4.79 Å². The van der Waals surface area contributed by atoms with Crippen molar-refractivity contribution in [1.82, 2.24) is 10.3 Å². The monoisotopic (exact) mass is 265 g/mol. The minimum absolute atomic E-state index is 0.0461. The summed E-state index contributed by atoms with van der Waals surface area (Å²) >= 11 is 0. The molecule has 0 saturated carbocycles. The summed E-state index contributed by atoms with van der Waals surface area (Å²) in [4.78, 5) is 16.1. The van der Waals surface area contributed by atoms with Crippen LogP contribution in [-0.2, 0) is 11.3 Å². The molecule has 0 aromatic carbocycles. The van der Waals surface area contributed by atoms with Gasteiger partial charge in [-0.1, -0.05) is 6.07 Å².